The summed E-state index contributed by atoms with van der Waals surface area (Å²) in [6.07, 6.45) is 3.42. The Morgan fingerprint density at radius 3 is 2.29 bits per heavy atom. The molecule has 0 aliphatic carbocycles. The van der Waals surface area contributed by atoms with Crippen LogP contribution in [0.5, 0.6) is 0 Å². The molecule has 1 N–H and O–H groups in total. The van der Waals surface area contributed by atoms with Gasteiger partial charge in [0.15, 0.2) is 11.5 Å². The minimum Gasteiger partial charge on any atom is -0.355 e. The van der Waals surface area contributed by atoms with E-state index in [4.69, 9.17) is 0 Å². The summed E-state index contributed by atoms with van der Waals surface area (Å²) < 4.78 is 0. The van der Waals surface area contributed by atoms with Crippen LogP contribution in [0.2, 0.25) is 0 Å². The summed E-state index contributed by atoms with van der Waals surface area (Å²) in [4.78, 5) is 14.8. The third-order valence-corrected chi connectivity index (χ3v) is 6.02. The van der Waals surface area contributed by atoms with Gasteiger partial charge in [-0.05, 0) is 66.5 Å². The highest BCUT2D eigenvalue weighted by Crippen LogP contribution is 2.24. The zero-order valence-corrected chi connectivity index (χ0v) is 18.3. The van der Waals surface area contributed by atoms with Gasteiger partial charge in [0.25, 0.3) is 5.91 Å². The molecule has 0 atom stereocenters. The smallest absolute Gasteiger partial charge is 0.276 e. The third kappa shape index (κ3) is 5.48. The second-order valence-electron chi connectivity index (χ2n) is 8.63. The number of hydrogen-bond acceptors (Lipinski definition) is 4. The van der Waals surface area contributed by atoms with Gasteiger partial charge in [0.2, 0.25) is 0 Å². The first-order chi connectivity index (χ1) is 15.1. The summed E-state index contributed by atoms with van der Waals surface area (Å²) in [5.74, 6) is 1.78. The van der Waals surface area contributed by atoms with Gasteiger partial charge < -0.3 is 10.2 Å². The van der Waals surface area contributed by atoms with Crippen molar-refractivity contribution in [2.24, 2.45) is 5.92 Å². The topological polar surface area (TPSA) is 58.1 Å². The summed E-state index contributed by atoms with van der Waals surface area (Å²) >= 11 is 0. The first kappa shape index (κ1) is 21.0. The molecular weight excluding hydrogens is 384 g/mol. The molecule has 1 aliphatic heterocycles. The van der Waals surface area contributed by atoms with Gasteiger partial charge in [0.1, 0.15) is 0 Å². The zero-order valence-electron chi connectivity index (χ0n) is 18.3. The molecule has 0 radical (unpaired) electrons. The summed E-state index contributed by atoms with van der Waals surface area (Å²) in [5, 5.41) is 11.4. The Hall–Kier alpha value is -3.21. The molecule has 1 aliphatic rings. The van der Waals surface area contributed by atoms with Crippen LogP contribution in [0.15, 0.2) is 66.7 Å². The average Bonchev–Trinajstić information content (AvgIpc) is 2.81. The molecule has 1 amide bonds. The maximum Gasteiger partial charge on any atom is 0.276 e. The lowest BCUT2D eigenvalue weighted by molar-refractivity contribution is 0.102. The molecule has 1 saturated heterocycles. The molecule has 4 rings (SSSR count). The number of hydrogen-bond donors (Lipinski definition) is 1. The van der Waals surface area contributed by atoms with Crippen LogP contribution in [0, 0.1) is 5.92 Å². The standard InChI is InChI=1S/C26H30N4O/c1-19(2)22-8-10-23(11-9-22)27-26(31)24-12-13-25(29-28-24)30-16-14-21(15-17-30)18-20-6-4-3-5-7-20/h3-13,19,21H,14-18H2,1-2H3,(H,27,31). The van der Waals surface area contributed by atoms with E-state index in [1.807, 2.05) is 30.3 Å². The van der Waals surface area contributed by atoms with Crippen LogP contribution >= 0.6 is 0 Å². The van der Waals surface area contributed by atoms with E-state index in [-0.39, 0.29) is 5.91 Å². The number of rotatable bonds is 6. The number of piperidine rings is 1. The summed E-state index contributed by atoms with van der Waals surface area (Å²) in [5.41, 5.74) is 3.75. The molecule has 1 fully saturated rings. The number of aromatic nitrogens is 2. The number of carbonyl (C=O) groups excluding carboxylic acids is 1. The molecule has 1 aromatic heterocycles. The molecule has 2 aromatic carbocycles. The maximum absolute atomic E-state index is 12.5. The normalized spacial score (nSPS) is 14.6. The lowest BCUT2D eigenvalue weighted by Gasteiger charge is -2.32. The predicted octanol–water partition coefficient (Wildman–Crippen LogP) is 5.31. The molecule has 3 aromatic rings. The average molecular weight is 415 g/mol. The van der Waals surface area contributed by atoms with E-state index in [0.717, 1.165) is 43.9 Å². The van der Waals surface area contributed by atoms with Crippen molar-refractivity contribution in [2.45, 2.75) is 39.0 Å². The highest BCUT2D eigenvalue weighted by Gasteiger charge is 2.21. The van der Waals surface area contributed by atoms with Crippen molar-refractivity contribution in [3.8, 4) is 0 Å². The van der Waals surface area contributed by atoms with Crippen molar-refractivity contribution in [2.75, 3.05) is 23.3 Å². The van der Waals surface area contributed by atoms with E-state index < -0.39 is 0 Å². The minimum atomic E-state index is -0.238. The molecule has 31 heavy (non-hydrogen) atoms. The lowest BCUT2D eigenvalue weighted by Crippen LogP contribution is -2.35. The van der Waals surface area contributed by atoms with Gasteiger partial charge in [0.05, 0.1) is 0 Å². The predicted molar refractivity (Wildman–Crippen MR) is 126 cm³/mol. The fourth-order valence-corrected chi connectivity index (χ4v) is 4.08. The summed E-state index contributed by atoms with van der Waals surface area (Å²) in [7, 11) is 0. The second-order valence-corrected chi connectivity index (χ2v) is 8.63. The van der Waals surface area contributed by atoms with Crippen molar-refractivity contribution in [1.29, 1.82) is 0 Å². The zero-order chi connectivity index (χ0) is 21.6. The first-order valence-electron chi connectivity index (χ1n) is 11.1. The maximum atomic E-state index is 12.5. The van der Waals surface area contributed by atoms with E-state index in [9.17, 15) is 4.79 Å². The summed E-state index contributed by atoms with van der Waals surface area (Å²) in [6.45, 7) is 6.24. The van der Waals surface area contributed by atoms with Gasteiger partial charge in [0, 0.05) is 18.8 Å². The van der Waals surface area contributed by atoms with Gasteiger partial charge >= 0.3 is 0 Å². The number of nitrogens with one attached hydrogen (secondary N) is 1. The number of nitrogens with zero attached hydrogens (tertiary/aromatic N) is 3. The molecule has 0 spiro atoms. The van der Waals surface area contributed by atoms with Crippen LogP contribution in [0.4, 0.5) is 11.5 Å². The Morgan fingerprint density at radius 1 is 0.968 bits per heavy atom. The van der Waals surface area contributed by atoms with Gasteiger partial charge in [-0.1, -0.05) is 56.3 Å². The van der Waals surface area contributed by atoms with Gasteiger partial charge in [-0.25, -0.2) is 0 Å². The summed E-state index contributed by atoms with van der Waals surface area (Å²) in [6, 6.07) is 22.3. The third-order valence-electron chi connectivity index (χ3n) is 6.02. The number of amides is 1. The molecule has 5 nitrogen and oxygen atoms in total. The molecule has 160 valence electrons. The second kappa shape index (κ2) is 9.73. The van der Waals surface area contributed by atoms with Crippen molar-refractivity contribution in [3.63, 3.8) is 0 Å². The number of benzene rings is 2. The molecular formula is C26H30N4O. The first-order valence-corrected chi connectivity index (χ1v) is 11.1. The molecule has 2 heterocycles. The van der Waals surface area contributed by atoms with E-state index in [0.29, 0.717) is 17.5 Å². The van der Waals surface area contributed by atoms with Crippen molar-refractivity contribution < 1.29 is 4.79 Å². The van der Waals surface area contributed by atoms with Crippen LogP contribution in [-0.2, 0) is 6.42 Å². The Kier molecular flexibility index (Phi) is 6.60. The van der Waals surface area contributed by atoms with Crippen molar-refractivity contribution in [3.05, 3.63) is 83.6 Å². The highest BCUT2D eigenvalue weighted by molar-refractivity contribution is 6.02. The Morgan fingerprint density at radius 2 is 1.68 bits per heavy atom. The Labute approximate surface area is 184 Å². The number of carbonyl (C=O) groups is 1. The van der Waals surface area contributed by atoms with Gasteiger partial charge in [-0.15, -0.1) is 10.2 Å². The molecule has 0 saturated carbocycles. The fraction of sp³-hybridized carbons (Fsp3) is 0.346. The quantitative estimate of drug-likeness (QED) is 0.594. The Bertz CT molecular complexity index is 976. The van der Waals surface area contributed by atoms with Crippen molar-refractivity contribution in [1.82, 2.24) is 10.2 Å². The number of anilines is 2. The van der Waals surface area contributed by atoms with E-state index >= 15 is 0 Å². The molecule has 5 heteroatoms. The highest BCUT2D eigenvalue weighted by atomic mass is 16.1. The van der Waals surface area contributed by atoms with Gasteiger partial charge in [-0.3, -0.25) is 4.79 Å². The lowest BCUT2D eigenvalue weighted by atomic mass is 9.90. The van der Waals surface area contributed by atoms with E-state index in [1.165, 1.54) is 11.1 Å². The van der Waals surface area contributed by atoms with Crippen LogP contribution in [0.3, 0.4) is 0 Å². The van der Waals surface area contributed by atoms with Crippen LogP contribution < -0.4 is 10.2 Å². The Balaban J connectivity index is 1.30. The SMILES string of the molecule is CC(C)c1ccc(NC(=O)c2ccc(N3CCC(Cc4ccccc4)CC3)nn2)cc1. The monoisotopic (exact) mass is 414 g/mol. The van der Waals surface area contributed by atoms with Crippen LogP contribution in [0.25, 0.3) is 0 Å². The molecule has 0 unspecified atom stereocenters. The fourth-order valence-electron chi connectivity index (χ4n) is 4.08. The van der Waals surface area contributed by atoms with E-state index in [2.05, 4.69) is 64.6 Å². The largest absolute Gasteiger partial charge is 0.355 e. The van der Waals surface area contributed by atoms with Crippen LogP contribution in [-0.4, -0.2) is 29.2 Å². The van der Waals surface area contributed by atoms with Gasteiger partial charge in [-0.2, -0.15) is 0 Å². The van der Waals surface area contributed by atoms with Crippen molar-refractivity contribution >= 4 is 17.4 Å². The minimum absolute atomic E-state index is 0.238. The van der Waals surface area contributed by atoms with Crippen LogP contribution in [0.1, 0.15) is 54.2 Å². The van der Waals surface area contributed by atoms with E-state index in [1.54, 1.807) is 6.07 Å². The molecule has 0 bridgehead atoms.